The molecule has 0 saturated carbocycles. The topological polar surface area (TPSA) is 211 Å². The van der Waals surface area contributed by atoms with Crippen LogP contribution >= 0.6 is 30.9 Å². The van der Waals surface area contributed by atoms with Crippen molar-refractivity contribution in [3.8, 4) is 17.2 Å². The molecule has 22 heteroatoms. The summed E-state index contributed by atoms with van der Waals surface area (Å²) in [4.78, 5) is 51.6. The first-order chi connectivity index (χ1) is 33.3. The summed E-state index contributed by atoms with van der Waals surface area (Å²) in [6.45, 7) is 15.2. The fourth-order valence-electron chi connectivity index (χ4n) is 5.69. The normalized spacial score (nSPS) is 10.8. The Morgan fingerprint density at radius 1 is 0.558 bits per heavy atom. The minimum absolute atomic E-state index is 0. The number of benzene rings is 4. The van der Waals surface area contributed by atoms with E-state index in [4.69, 9.17) is 42.7 Å². The highest BCUT2D eigenvalue weighted by atomic mass is 79.9. The van der Waals surface area contributed by atoms with Crippen molar-refractivity contribution in [3.63, 3.8) is 0 Å². The van der Waals surface area contributed by atoms with Crippen molar-refractivity contribution in [2.45, 2.75) is 175 Å². The third-order valence-corrected chi connectivity index (χ3v) is 10.3. The predicted octanol–water partition coefficient (Wildman–Crippen LogP) is 16.3. The van der Waals surface area contributed by atoms with Crippen molar-refractivity contribution in [2.24, 2.45) is 0 Å². The molecule has 0 aromatic heterocycles. The lowest BCUT2D eigenvalue weighted by atomic mass is 10.1. The lowest BCUT2D eigenvalue weighted by Crippen LogP contribution is -2.24. The van der Waals surface area contributed by atoms with E-state index in [1.54, 1.807) is 45.0 Å². The molecule has 0 aliphatic heterocycles. The van der Waals surface area contributed by atoms with Crippen LogP contribution in [0.25, 0.3) is 0 Å². The number of alkyl halides is 3. The van der Waals surface area contributed by atoms with E-state index in [2.05, 4.69) is 39.5 Å². The molecule has 15 nitrogen and oxygen atoms in total. The van der Waals surface area contributed by atoms with Crippen LogP contribution in [-0.2, 0) is 87.9 Å². The molecule has 0 radical (unpaired) electrons. The van der Waals surface area contributed by atoms with E-state index in [1.165, 1.54) is 44.6 Å². The van der Waals surface area contributed by atoms with Gasteiger partial charge < -0.3 is 28.4 Å². The van der Waals surface area contributed by atoms with Crippen LogP contribution in [0.2, 0.25) is 19.6 Å². The number of carbonyl (C=O) groups excluding carboxylic acids is 2. The largest absolute Gasteiger partial charge is 0.529 e. The van der Waals surface area contributed by atoms with E-state index in [9.17, 15) is 36.7 Å². The van der Waals surface area contributed by atoms with Crippen molar-refractivity contribution in [1.82, 2.24) is 0 Å². The minimum Gasteiger partial charge on any atom is -0.489 e. The highest BCUT2D eigenvalue weighted by molar-refractivity contribution is 9.26. The Kier molecular flexibility index (Phi) is 41.1. The molecule has 0 fully saturated rings. The molecule has 0 saturated heterocycles. The number of halogens is 4. The molecule has 77 heavy (non-hydrogen) atoms. The quantitative estimate of drug-likeness (QED) is 0.0307. The fourth-order valence-corrected chi connectivity index (χ4v) is 6.84. The number of phosphoric ester groups is 2. The maximum absolute atomic E-state index is 13.0. The highest BCUT2D eigenvalue weighted by Gasteiger charge is 2.27. The van der Waals surface area contributed by atoms with E-state index in [-0.39, 0.29) is 104 Å². The Morgan fingerprint density at radius 3 is 1.22 bits per heavy atom. The number of aryl methyl sites for hydroxylation is 3. The number of aliphatic carboxylic acids is 1. The van der Waals surface area contributed by atoms with Crippen molar-refractivity contribution in [2.75, 3.05) is 14.2 Å². The number of phosphoric acid groups is 2. The Morgan fingerprint density at radius 2 is 0.896 bits per heavy atom. The van der Waals surface area contributed by atoms with Gasteiger partial charge in [0.2, 0.25) is 0 Å². The Labute approximate surface area is 467 Å². The summed E-state index contributed by atoms with van der Waals surface area (Å²) in [6, 6.07) is 23.4. The number of esters is 2. The number of hydrogen-bond donors (Lipinski definition) is 3. The lowest BCUT2D eigenvalue weighted by molar-refractivity contribution is -0.155. The van der Waals surface area contributed by atoms with Gasteiger partial charge in [-0.3, -0.25) is 33.2 Å². The molecular weight excluding hydrogens is 1130 g/mol. The molecule has 0 unspecified atom stereocenters. The Hall–Kier alpha value is -4.52. The minimum atomic E-state index is -4.73. The molecule has 3 N–H and O–H groups in total. The third-order valence-electron chi connectivity index (χ3n) is 8.59. The highest BCUT2D eigenvalue weighted by Crippen LogP contribution is 2.49. The molecule has 0 amide bonds. The van der Waals surface area contributed by atoms with Crippen molar-refractivity contribution >= 4 is 55.5 Å². The molecule has 0 atom stereocenters. The Balaban J connectivity index is -0.000000315. The molecular formula is C55H90BrF3O15P2Si. The van der Waals surface area contributed by atoms with E-state index in [1.807, 2.05) is 51.1 Å². The molecule has 0 spiro atoms. The van der Waals surface area contributed by atoms with Crippen molar-refractivity contribution in [1.29, 1.82) is 0 Å². The van der Waals surface area contributed by atoms with Gasteiger partial charge in [0.05, 0.1) is 0 Å². The summed E-state index contributed by atoms with van der Waals surface area (Å²) in [5.74, 6) is -0.982. The molecule has 4 aromatic rings. The van der Waals surface area contributed by atoms with Crippen LogP contribution in [-0.4, -0.2) is 64.9 Å². The SMILES string of the molecule is C.C.C.C.C.CC(C)(C)OC(=O)CCc1cc(CF)ccc1OCc1ccccc1.COP(=O)(OC)Oc1ccc(CF)cc1CCC(=O)OC(C)(C)C.C[Si](C)(C)Br.O=C(O)CCc1cc(CF)ccc1OP(=O)(O)O. The van der Waals surface area contributed by atoms with Crippen molar-refractivity contribution < 1.29 is 83.9 Å². The first-order valence-electron chi connectivity index (χ1n) is 22.5. The summed E-state index contributed by atoms with van der Waals surface area (Å²) in [5, 5.41) is 8.56. The molecule has 0 heterocycles. The molecule has 4 aromatic carbocycles. The van der Waals surface area contributed by atoms with Gasteiger partial charge in [-0.25, -0.2) is 22.3 Å². The summed E-state index contributed by atoms with van der Waals surface area (Å²) in [7, 11) is -6.08. The van der Waals surface area contributed by atoms with E-state index < -0.39 is 59.5 Å². The molecule has 0 aliphatic carbocycles. The zero-order valence-corrected chi connectivity index (χ0v) is 47.2. The second-order valence-electron chi connectivity index (χ2n) is 18.6. The van der Waals surface area contributed by atoms with Gasteiger partial charge in [0.1, 0.15) is 61.8 Å². The zero-order chi connectivity index (χ0) is 54.9. The fraction of sp³-hybridized carbons (Fsp3) is 0.509. The lowest BCUT2D eigenvalue weighted by Gasteiger charge is -2.20. The summed E-state index contributed by atoms with van der Waals surface area (Å²) in [6.07, 6.45) is 0.756. The third kappa shape index (κ3) is 38.7. The smallest absolute Gasteiger partial charge is 0.489 e. The first kappa shape index (κ1) is 81.3. The molecule has 442 valence electrons. The summed E-state index contributed by atoms with van der Waals surface area (Å²) >= 11 is 3.51. The number of hydrogen-bond acceptors (Lipinski definition) is 12. The first-order valence-corrected chi connectivity index (χ1v) is 31.3. The average Bonchev–Trinajstić information content (AvgIpc) is 3.28. The van der Waals surface area contributed by atoms with Gasteiger partial charge >= 0.3 is 33.6 Å². The van der Waals surface area contributed by atoms with Crippen LogP contribution in [0.15, 0.2) is 84.9 Å². The van der Waals surface area contributed by atoms with Crippen LogP contribution in [0.4, 0.5) is 13.2 Å². The van der Waals surface area contributed by atoms with E-state index in [0.717, 1.165) is 11.1 Å². The average molecular weight is 1220 g/mol. The van der Waals surface area contributed by atoms with Crippen LogP contribution in [0.5, 0.6) is 17.2 Å². The maximum Gasteiger partial charge on any atom is 0.529 e. The molecule has 0 bridgehead atoms. The summed E-state index contributed by atoms with van der Waals surface area (Å²) < 4.78 is 96.8. The van der Waals surface area contributed by atoms with Crippen LogP contribution < -0.4 is 13.8 Å². The van der Waals surface area contributed by atoms with Gasteiger partial charge in [-0.15, -0.1) is 15.3 Å². The van der Waals surface area contributed by atoms with Gasteiger partial charge in [-0.2, -0.15) is 0 Å². The zero-order valence-electron chi connectivity index (χ0n) is 42.8. The van der Waals surface area contributed by atoms with E-state index >= 15 is 0 Å². The number of carboxylic acids is 1. The van der Waals surface area contributed by atoms with Crippen LogP contribution in [0.1, 0.15) is 137 Å². The number of ether oxygens (including phenoxy) is 3. The van der Waals surface area contributed by atoms with Crippen LogP contribution in [0, 0.1) is 0 Å². The van der Waals surface area contributed by atoms with Gasteiger partial charge in [0.15, 0.2) is 0 Å². The van der Waals surface area contributed by atoms with Crippen molar-refractivity contribution in [3.05, 3.63) is 124 Å². The second-order valence-corrected chi connectivity index (χ2v) is 32.9. The van der Waals surface area contributed by atoms with Crippen LogP contribution in [0.3, 0.4) is 0 Å². The van der Waals surface area contributed by atoms with E-state index in [0.29, 0.717) is 35.5 Å². The van der Waals surface area contributed by atoms with Gasteiger partial charge in [0, 0.05) is 33.5 Å². The second kappa shape index (κ2) is 38.9. The standard InChI is InChI=1S/C21H25FO3.C16H24FO6P.C10H12FO6P.C3H9BrSi.5CH4/c1-21(2,3)25-20(23)12-10-18-13-17(14-22)9-11-19(18)24-15-16-7-5-4-6-8-16;1-16(2,3)22-15(18)9-7-13-10-12(11-17)6-8-14(13)23-24(19,20-4)21-5;11-6-7-1-3-9(17-18(14,15)16)8(5-7)2-4-10(12)13;1-5(2,3)4;;;;;/h4-9,11,13H,10,12,14-15H2,1-3H3;6,8,10H,7,9,11H2,1-5H3;1,3,5H,2,4,6H2,(H,12,13)(H2,14,15,16);1-3H3;5*1H4. The monoisotopic (exact) mass is 1220 g/mol. The van der Waals surface area contributed by atoms with Gasteiger partial charge in [0.25, 0.3) is 0 Å². The maximum atomic E-state index is 13.0. The molecule has 0 aliphatic rings. The van der Waals surface area contributed by atoms with Gasteiger partial charge in [-0.05, 0) is 136 Å². The number of carbonyl (C=O) groups is 3. The predicted molar refractivity (Wildman–Crippen MR) is 310 cm³/mol. The molecule has 4 rings (SSSR count). The van der Waals surface area contributed by atoms with Gasteiger partial charge in [-0.1, -0.05) is 105 Å². The Bertz CT molecular complexity index is 2390. The number of carboxylic acid groups (broad SMARTS) is 1. The number of rotatable bonds is 21. The summed E-state index contributed by atoms with van der Waals surface area (Å²) in [5.41, 5.74) is 2.82.